The molecule has 9 fully saturated rings. The van der Waals surface area contributed by atoms with Gasteiger partial charge in [-0.15, -0.1) is 0 Å². The van der Waals surface area contributed by atoms with E-state index in [-0.39, 0.29) is 69.8 Å². The van der Waals surface area contributed by atoms with Gasteiger partial charge in [0.1, 0.15) is 77.8 Å². The molecule has 10 rings (SSSR count). The summed E-state index contributed by atoms with van der Waals surface area (Å²) in [5.74, 6) is -1.74. The SMILES string of the molecule is CO[C@H]1C[C@H](O[C@H]2[C@@H](O)C[C@H](O[C@H]3[C@H](C)O[C@@H](O[C@H]4[C@H](O)C[C@H](O[C@H]5CC[C@@]6(C)C(=CC[C@]7(O)[C@@H]6C[C@@H](OC(=O)/C=C(\C)C(C)C)[C@@]6(C)[C@]7(O)CC[C@@]6(O)C(C)=O)C5)O[C@@H]4C)C[C@H]3OC)O[C@@H]2C)O[C@H](C)[C@H]1O[C@H]1C[C@@H](OC)[C@@H](O[C@@H]2O[C@H](CO)[C@@H](O)[C@H](O)[C@H]2O)[C@H](C)O1. The van der Waals surface area contributed by atoms with Crippen molar-refractivity contribution in [1.29, 1.82) is 0 Å². The number of hydrogen-bond donors (Lipinski definition) is 9. The quantitative estimate of drug-likeness (QED) is 0.0479. The summed E-state index contributed by atoms with van der Waals surface area (Å²) in [4.78, 5) is 26.9. The number of carbonyl (C=O) groups excluding carboxylic acids is 2. The minimum absolute atomic E-state index is 0.0526. The number of fused-ring (bicyclic) bond motifs is 5. The van der Waals surface area contributed by atoms with Crippen LogP contribution in [0.5, 0.6) is 0 Å². The first-order valence-electron chi connectivity index (χ1n) is 34.0. The van der Waals surface area contributed by atoms with Gasteiger partial charge in [0.05, 0.1) is 79.2 Å². The molecule has 6 aliphatic heterocycles. The minimum atomic E-state index is -2.06. The molecule has 4 aliphatic carbocycles. The summed E-state index contributed by atoms with van der Waals surface area (Å²) in [5, 5.41) is 102. The number of aliphatic hydroxyl groups is 9. The van der Waals surface area contributed by atoms with Gasteiger partial charge in [-0.3, -0.25) is 4.79 Å². The minimum Gasteiger partial charge on any atom is -0.458 e. The Balaban J connectivity index is 0.685. The molecule has 27 nitrogen and oxygen atoms in total. The highest BCUT2D eigenvalue weighted by molar-refractivity contribution is 5.87. The van der Waals surface area contributed by atoms with Gasteiger partial charge in [-0.05, 0) is 112 Å². The molecule has 6 saturated heterocycles. The van der Waals surface area contributed by atoms with Gasteiger partial charge in [0.25, 0.3) is 0 Å². The number of carbonyl (C=O) groups is 2. The normalized spacial score (nSPS) is 50.9. The van der Waals surface area contributed by atoms with Crippen LogP contribution >= 0.6 is 0 Å². The van der Waals surface area contributed by atoms with Gasteiger partial charge in [-0.2, -0.15) is 0 Å². The largest absolute Gasteiger partial charge is 0.458 e. The van der Waals surface area contributed by atoms with Gasteiger partial charge >= 0.3 is 5.97 Å². The first kappa shape index (κ1) is 74.4. The smallest absolute Gasteiger partial charge is 0.330 e. The second kappa shape index (κ2) is 29.3. The van der Waals surface area contributed by atoms with E-state index in [0.717, 1.165) is 11.1 Å². The van der Waals surface area contributed by atoms with Gasteiger partial charge < -0.3 is 122 Å². The molecule has 538 valence electrons. The van der Waals surface area contributed by atoms with Crippen LogP contribution in [0.2, 0.25) is 0 Å². The fourth-order valence-electron chi connectivity index (χ4n) is 17.4. The van der Waals surface area contributed by atoms with E-state index in [1.54, 1.807) is 35.0 Å². The van der Waals surface area contributed by atoms with Crippen molar-refractivity contribution < 1.29 is 131 Å². The highest BCUT2D eigenvalue weighted by atomic mass is 16.8. The number of ether oxygens (including phenoxy) is 16. The van der Waals surface area contributed by atoms with E-state index in [1.807, 2.05) is 47.6 Å². The highest BCUT2D eigenvalue weighted by Crippen LogP contribution is 2.71. The van der Waals surface area contributed by atoms with Crippen LogP contribution in [0.4, 0.5) is 0 Å². The summed E-state index contributed by atoms with van der Waals surface area (Å²) in [6.07, 6.45) is -17.6. The first-order valence-corrected chi connectivity index (χ1v) is 34.0. The molecule has 10 aliphatic rings. The van der Waals surface area contributed by atoms with Crippen LogP contribution in [0, 0.1) is 22.7 Å². The highest BCUT2D eigenvalue weighted by Gasteiger charge is 2.81. The Morgan fingerprint density at radius 3 is 1.51 bits per heavy atom. The second-order valence-electron chi connectivity index (χ2n) is 29.2. The summed E-state index contributed by atoms with van der Waals surface area (Å²) in [6, 6.07) is 0. The Hall–Kier alpha value is -2.34. The average Bonchev–Trinajstić information content (AvgIpc) is 1.38. The van der Waals surface area contributed by atoms with Crippen molar-refractivity contribution in [2.75, 3.05) is 27.9 Å². The third kappa shape index (κ3) is 13.8. The molecule has 0 bridgehead atoms. The Morgan fingerprint density at radius 2 is 1.05 bits per heavy atom. The van der Waals surface area contributed by atoms with Crippen LogP contribution in [-0.4, -0.2) is 268 Å². The fourth-order valence-corrected chi connectivity index (χ4v) is 17.4. The summed E-state index contributed by atoms with van der Waals surface area (Å²) in [6.45, 7) is 19.0. The zero-order valence-corrected chi connectivity index (χ0v) is 57.0. The molecule has 0 spiro atoms. The van der Waals surface area contributed by atoms with E-state index >= 15 is 0 Å². The molecule has 0 aromatic carbocycles. The lowest BCUT2D eigenvalue weighted by Gasteiger charge is -2.67. The lowest BCUT2D eigenvalue weighted by atomic mass is 9.42. The number of aliphatic hydroxyl groups excluding tert-OH is 6. The lowest BCUT2D eigenvalue weighted by Crippen LogP contribution is -2.78. The van der Waals surface area contributed by atoms with Crippen molar-refractivity contribution >= 4 is 11.8 Å². The van der Waals surface area contributed by atoms with E-state index in [9.17, 15) is 55.5 Å². The molecule has 0 aromatic rings. The number of esters is 1. The molecule has 94 heavy (non-hydrogen) atoms. The molecule has 6 heterocycles. The fraction of sp³-hybridized carbons (Fsp3) is 0.910. The number of ketones is 1. The molecule has 33 atom stereocenters. The monoisotopic (exact) mass is 1340 g/mol. The number of rotatable bonds is 20. The van der Waals surface area contributed by atoms with Gasteiger partial charge in [0, 0.05) is 65.4 Å². The van der Waals surface area contributed by atoms with E-state index in [2.05, 4.69) is 6.92 Å². The average molecular weight is 1350 g/mol. The maximum Gasteiger partial charge on any atom is 0.330 e. The topological polar surface area (TPSA) is 364 Å². The van der Waals surface area contributed by atoms with Gasteiger partial charge in [-0.25, -0.2) is 4.79 Å². The molecule has 9 N–H and O–H groups in total. The van der Waals surface area contributed by atoms with Crippen molar-refractivity contribution in [3.63, 3.8) is 0 Å². The molecular weight excluding hydrogens is 1240 g/mol. The summed E-state index contributed by atoms with van der Waals surface area (Å²) in [5.41, 5.74) is -6.39. The van der Waals surface area contributed by atoms with Gasteiger partial charge in [-0.1, -0.05) is 38.0 Å². The maximum absolute atomic E-state index is 13.6. The van der Waals surface area contributed by atoms with Crippen LogP contribution in [-0.2, 0) is 85.4 Å². The zero-order chi connectivity index (χ0) is 68.5. The van der Waals surface area contributed by atoms with Crippen molar-refractivity contribution in [3.05, 3.63) is 23.3 Å². The zero-order valence-electron chi connectivity index (χ0n) is 57.0. The van der Waals surface area contributed by atoms with Gasteiger partial charge in [0.15, 0.2) is 43.5 Å². The number of hydrogen-bond acceptors (Lipinski definition) is 27. The first-order chi connectivity index (χ1) is 44.3. The Labute approximate surface area is 551 Å². The third-order valence-corrected chi connectivity index (χ3v) is 23.4. The van der Waals surface area contributed by atoms with E-state index in [1.165, 1.54) is 20.1 Å². The Bertz CT molecular complexity index is 2620. The lowest BCUT2D eigenvalue weighted by molar-refractivity contribution is -0.359. The van der Waals surface area contributed by atoms with Crippen LogP contribution in [0.15, 0.2) is 23.3 Å². The molecule has 0 aromatic heterocycles. The van der Waals surface area contributed by atoms with Crippen molar-refractivity contribution in [3.8, 4) is 0 Å². The van der Waals surface area contributed by atoms with E-state index < -0.39 is 212 Å². The predicted molar refractivity (Wildman–Crippen MR) is 326 cm³/mol. The summed E-state index contributed by atoms with van der Waals surface area (Å²) >= 11 is 0. The molecule has 3 saturated carbocycles. The van der Waals surface area contributed by atoms with E-state index in [0.29, 0.717) is 19.3 Å². The number of methoxy groups -OCH3 is 3. The van der Waals surface area contributed by atoms with Crippen molar-refractivity contribution in [1.82, 2.24) is 0 Å². The second-order valence-corrected chi connectivity index (χ2v) is 29.2. The molecular formula is C67H108O27. The van der Waals surface area contributed by atoms with Gasteiger partial charge in [0.2, 0.25) is 0 Å². The molecule has 0 unspecified atom stereocenters. The van der Waals surface area contributed by atoms with E-state index in [4.69, 9.17) is 75.8 Å². The molecule has 0 radical (unpaired) electrons. The predicted octanol–water partition coefficient (Wildman–Crippen LogP) is 2.18. The van der Waals surface area contributed by atoms with Crippen LogP contribution in [0.25, 0.3) is 0 Å². The van der Waals surface area contributed by atoms with Crippen molar-refractivity contribution in [2.45, 2.75) is 336 Å². The summed E-state index contributed by atoms with van der Waals surface area (Å²) < 4.78 is 99.9. The molecule has 27 heteroatoms. The Morgan fingerprint density at radius 1 is 0.596 bits per heavy atom. The maximum atomic E-state index is 13.6. The summed E-state index contributed by atoms with van der Waals surface area (Å²) in [7, 11) is 4.61. The molecule has 0 amide bonds. The van der Waals surface area contributed by atoms with Crippen molar-refractivity contribution in [2.24, 2.45) is 22.7 Å². The number of allylic oxidation sites excluding steroid dienone is 1. The Kier molecular flexibility index (Phi) is 23.2. The van der Waals surface area contributed by atoms with Crippen LogP contribution in [0.1, 0.15) is 153 Å². The van der Waals surface area contributed by atoms with Crippen LogP contribution < -0.4 is 0 Å². The number of Topliss-reactive ketones (excluding diaryl/α,β-unsaturated/α-hetero) is 1. The third-order valence-electron chi connectivity index (χ3n) is 23.4. The standard InChI is InChI=1S/C67H108O27/c1-30(2)31(3)21-48(72)89-47-28-46-63(10)17-16-39(22-38(63)15-18-66(46,77)67(78)20-19-65(76,37(9)69)64(47,67)11)87-49-23-40(70)57(32(4)82-49)90-51-25-42(79-12)59(34(6)84-51)92-50-24-41(71)58(33(5)83-50)91-52-26-43(80-13)60(35(7)85-52)93-53-27-44(81-14)61(36(8)86-53)94-62-56(75)55(74)54(73)45(29-68)88-62/h15,21,30,32-36,39-47,49-62,68,70-71,73-78H,16-20,22-29H2,1-14H3/b31-21+/t32-,33-,34+,35-,36+,39+,40-,41+,42-,43+,44-,45-,46-,47-,49+,50+,51+,52+,53+,54-,55+,56-,57-,58-,59+,60-,61+,62+,63+,64-,65-,66+,67-/m1/s1. The van der Waals surface area contributed by atoms with Crippen LogP contribution in [0.3, 0.4) is 0 Å².